The molecule has 0 fully saturated rings. The van der Waals surface area contributed by atoms with Crippen LogP contribution in [-0.2, 0) is 6.42 Å². The molecule has 0 radical (unpaired) electrons. The summed E-state index contributed by atoms with van der Waals surface area (Å²) in [6, 6.07) is 6.32. The Hall–Kier alpha value is -0.0200. The number of halogens is 2. The molecule has 0 bridgehead atoms. The van der Waals surface area contributed by atoms with E-state index in [-0.39, 0.29) is 0 Å². The smallest absolute Gasteiger partial charge is 0.0821 e. The minimum absolute atomic E-state index is 0.420. The standard InChI is InChI=1S/C9H9Br2N/c10-7-3-1-2-6-4-5-8(11)12-9(6)7/h1-3,8,12H,4-5H2. The van der Waals surface area contributed by atoms with Gasteiger partial charge in [0, 0.05) is 4.47 Å². The normalized spacial score (nSPS) is 21.3. The average molecular weight is 291 g/mol. The summed E-state index contributed by atoms with van der Waals surface area (Å²) in [7, 11) is 0. The Morgan fingerprint density at radius 2 is 2.25 bits per heavy atom. The van der Waals surface area contributed by atoms with E-state index in [1.165, 1.54) is 11.3 Å². The number of nitrogens with one attached hydrogen (secondary N) is 1. The van der Waals surface area contributed by atoms with Crippen LogP contribution in [0.25, 0.3) is 0 Å². The lowest BCUT2D eigenvalue weighted by molar-refractivity contribution is 0.798. The molecule has 1 aliphatic heterocycles. The second-order valence-corrected chi connectivity index (χ2v) is 4.88. The van der Waals surface area contributed by atoms with Crippen molar-refractivity contribution in [3.63, 3.8) is 0 Å². The summed E-state index contributed by atoms with van der Waals surface area (Å²) >= 11 is 7.09. The van der Waals surface area contributed by atoms with E-state index in [4.69, 9.17) is 0 Å². The maximum atomic E-state index is 3.56. The third-order valence-electron chi connectivity index (χ3n) is 2.07. The minimum atomic E-state index is 0.420. The van der Waals surface area contributed by atoms with Gasteiger partial charge in [-0.15, -0.1) is 0 Å². The predicted octanol–water partition coefficient (Wildman–Crippen LogP) is 3.53. The van der Waals surface area contributed by atoms with Crippen LogP contribution in [0, 0.1) is 0 Å². The Kier molecular flexibility index (Phi) is 2.42. The second kappa shape index (κ2) is 3.38. The SMILES string of the molecule is Brc1cccc2c1NC(Br)CC2. The molecule has 1 aromatic rings. The predicted molar refractivity (Wildman–Crippen MR) is 58.8 cm³/mol. The van der Waals surface area contributed by atoms with Crippen LogP contribution in [0.5, 0.6) is 0 Å². The molecule has 1 aromatic carbocycles. The number of aryl methyl sites for hydroxylation is 1. The average Bonchev–Trinajstić information content (AvgIpc) is 2.07. The Morgan fingerprint density at radius 3 is 3.08 bits per heavy atom. The fourth-order valence-electron chi connectivity index (χ4n) is 1.45. The topological polar surface area (TPSA) is 12.0 Å². The maximum absolute atomic E-state index is 3.56. The quantitative estimate of drug-likeness (QED) is 0.569. The van der Waals surface area contributed by atoms with Crippen molar-refractivity contribution in [1.29, 1.82) is 0 Å². The van der Waals surface area contributed by atoms with Crippen molar-refractivity contribution in [2.24, 2.45) is 0 Å². The first-order valence-electron chi connectivity index (χ1n) is 3.95. The molecular weight excluding hydrogens is 282 g/mol. The number of hydrogen-bond donors (Lipinski definition) is 1. The monoisotopic (exact) mass is 289 g/mol. The molecule has 1 aliphatic rings. The van der Waals surface area contributed by atoms with E-state index in [9.17, 15) is 0 Å². The lowest BCUT2D eigenvalue weighted by Crippen LogP contribution is -2.19. The number of rotatable bonds is 0. The van der Waals surface area contributed by atoms with Crippen molar-refractivity contribution in [1.82, 2.24) is 0 Å². The highest BCUT2D eigenvalue weighted by molar-refractivity contribution is 9.10. The zero-order valence-corrected chi connectivity index (χ0v) is 9.65. The number of hydrogen-bond acceptors (Lipinski definition) is 1. The third kappa shape index (κ3) is 1.52. The first kappa shape index (κ1) is 8.57. The summed E-state index contributed by atoms with van der Waals surface area (Å²) in [6.07, 6.45) is 2.31. The lowest BCUT2D eigenvalue weighted by atomic mass is 10.0. The lowest BCUT2D eigenvalue weighted by Gasteiger charge is -2.23. The zero-order chi connectivity index (χ0) is 8.55. The molecule has 0 amide bonds. The zero-order valence-electron chi connectivity index (χ0n) is 6.48. The van der Waals surface area contributed by atoms with E-state index in [0.717, 1.165) is 17.3 Å². The van der Waals surface area contributed by atoms with Crippen LogP contribution in [0.4, 0.5) is 5.69 Å². The number of para-hydroxylation sites is 1. The second-order valence-electron chi connectivity index (χ2n) is 2.92. The van der Waals surface area contributed by atoms with Gasteiger partial charge in [0.1, 0.15) is 0 Å². The van der Waals surface area contributed by atoms with Crippen LogP contribution < -0.4 is 5.32 Å². The van der Waals surface area contributed by atoms with Gasteiger partial charge in [0.15, 0.2) is 0 Å². The Morgan fingerprint density at radius 1 is 1.42 bits per heavy atom. The highest BCUT2D eigenvalue weighted by atomic mass is 79.9. The third-order valence-corrected chi connectivity index (χ3v) is 3.42. The van der Waals surface area contributed by atoms with Crippen molar-refractivity contribution >= 4 is 37.5 Å². The van der Waals surface area contributed by atoms with Gasteiger partial charge in [0.05, 0.1) is 10.6 Å². The van der Waals surface area contributed by atoms with Crippen molar-refractivity contribution in [2.45, 2.75) is 17.8 Å². The molecule has 0 spiro atoms. The molecule has 3 heteroatoms. The van der Waals surface area contributed by atoms with E-state index in [1.807, 2.05) is 0 Å². The molecule has 64 valence electrons. The van der Waals surface area contributed by atoms with Crippen LogP contribution in [0.15, 0.2) is 22.7 Å². The number of anilines is 1. The van der Waals surface area contributed by atoms with Gasteiger partial charge >= 0.3 is 0 Å². The van der Waals surface area contributed by atoms with Crippen LogP contribution >= 0.6 is 31.9 Å². The van der Waals surface area contributed by atoms with Gasteiger partial charge in [-0.05, 0) is 40.4 Å². The number of fused-ring (bicyclic) bond motifs is 1. The molecule has 1 N–H and O–H groups in total. The molecule has 0 aromatic heterocycles. The van der Waals surface area contributed by atoms with Crippen LogP contribution in [0.1, 0.15) is 12.0 Å². The summed E-state index contributed by atoms with van der Waals surface area (Å²) < 4.78 is 1.16. The van der Waals surface area contributed by atoms with Gasteiger partial charge in [-0.2, -0.15) is 0 Å². The van der Waals surface area contributed by atoms with E-state index in [1.54, 1.807) is 0 Å². The molecule has 1 unspecified atom stereocenters. The number of alkyl halides is 1. The molecular formula is C9H9Br2N. The van der Waals surface area contributed by atoms with Gasteiger partial charge in [0.2, 0.25) is 0 Å². The molecule has 0 saturated heterocycles. The van der Waals surface area contributed by atoms with E-state index < -0.39 is 0 Å². The van der Waals surface area contributed by atoms with Crippen molar-refractivity contribution in [2.75, 3.05) is 5.32 Å². The fraction of sp³-hybridized carbons (Fsp3) is 0.333. The van der Waals surface area contributed by atoms with Gasteiger partial charge in [0.25, 0.3) is 0 Å². The van der Waals surface area contributed by atoms with E-state index in [0.29, 0.717) is 4.95 Å². The largest absolute Gasteiger partial charge is 0.372 e. The summed E-state index contributed by atoms with van der Waals surface area (Å²) in [5.41, 5.74) is 2.64. The number of benzene rings is 1. The summed E-state index contributed by atoms with van der Waals surface area (Å²) in [4.78, 5) is 0.420. The molecule has 1 nitrogen and oxygen atoms in total. The van der Waals surface area contributed by atoms with Crippen molar-refractivity contribution < 1.29 is 0 Å². The van der Waals surface area contributed by atoms with Gasteiger partial charge < -0.3 is 5.32 Å². The molecule has 1 atom stereocenters. The first-order chi connectivity index (χ1) is 5.77. The highest BCUT2D eigenvalue weighted by Gasteiger charge is 2.16. The molecule has 1 heterocycles. The van der Waals surface area contributed by atoms with Crippen LogP contribution in [-0.4, -0.2) is 4.95 Å². The summed E-state index contributed by atoms with van der Waals surface area (Å²) in [5.74, 6) is 0. The molecule has 0 aliphatic carbocycles. The van der Waals surface area contributed by atoms with Gasteiger partial charge in [-0.3, -0.25) is 0 Å². The Balaban J connectivity index is 2.43. The van der Waals surface area contributed by atoms with E-state index in [2.05, 4.69) is 55.4 Å². The summed E-state index contributed by atoms with van der Waals surface area (Å²) in [6.45, 7) is 0. The van der Waals surface area contributed by atoms with Crippen molar-refractivity contribution in [3.8, 4) is 0 Å². The molecule has 0 saturated carbocycles. The van der Waals surface area contributed by atoms with Crippen molar-refractivity contribution in [3.05, 3.63) is 28.2 Å². The Labute approximate surface area is 88.8 Å². The van der Waals surface area contributed by atoms with Gasteiger partial charge in [-0.25, -0.2) is 0 Å². The van der Waals surface area contributed by atoms with Crippen LogP contribution in [0.2, 0.25) is 0 Å². The maximum Gasteiger partial charge on any atom is 0.0821 e. The van der Waals surface area contributed by atoms with E-state index >= 15 is 0 Å². The molecule has 12 heavy (non-hydrogen) atoms. The van der Waals surface area contributed by atoms with Crippen LogP contribution in [0.3, 0.4) is 0 Å². The highest BCUT2D eigenvalue weighted by Crippen LogP contribution is 2.33. The first-order valence-corrected chi connectivity index (χ1v) is 5.66. The summed E-state index contributed by atoms with van der Waals surface area (Å²) in [5, 5.41) is 3.40. The minimum Gasteiger partial charge on any atom is -0.372 e. The Bertz CT molecular complexity index is 299. The fourth-order valence-corrected chi connectivity index (χ4v) is 2.43. The van der Waals surface area contributed by atoms with Gasteiger partial charge in [-0.1, -0.05) is 28.1 Å². The molecule has 2 rings (SSSR count).